The van der Waals surface area contributed by atoms with Gasteiger partial charge in [-0.1, -0.05) is 42.5 Å². The van der Waals surface area contributed by atoms with Crippen LogP contribution in [0.4, 0.5) is 5.82 Å². The topological polar surface area (TPSA) is 29.0 Å². The first-order chi connectivity index (χ1) is 9.88. The van der Waals surface area contributed by atoms with Gasteiger partial charge in [0, 0.05) is 18.5 Å². The van der Waals surface area contributed by atoms with Crippen LogP contribution in [-0.4, -0.2) is 16.5 Å². The largest absolute Gasteiger partial charge is 0.352 e. The lowest BCUT2D eigenvalue weighted by Crippen LogP contribution is -2.23. The molecule has 0 atom stereocenters. The molecule has 3 rings (SSSR count). The van der Waals surface area contributed by atoms with E-state index >= 15 is 0 Å². The summed E-state index contributed by atoms with van der Waals surface area (Å²) in [5.41, 5.74) is 2.28. The Morgan fingerprint density at radius 2 is 1.65 bits per heavy atom. The fraction of sp³-hybridized carbons (Fsp3) is 0.176. The van der Waals surface area contributed by atoms with E-state index in [-0.39, 0.29) is 0 Å². The highest BCUT2D eigenvalue weighted by atomic mass is 15.2. The Labute approximate surface area is 118 Å². The number of hydrogen-bond donors (Lipinski definition) is 0. The highest BCUT2D eigenvalue weighted by Crippen LogP contribution is 2.23. The molecule has 0 unspecified atom stereocenters. The Bertz CT molecular complexity index is 689. The van der Waals surface area contributed by atoms with Crippen LogP contribution in [0.25, 0.3) is 10.9 Å². The maximum Gasteiger partial charge on any atom is 0.140 e. The van der Waals surface area contributed by atoms with Crippen molar-refractivity contribution in [2.45, 2.75) is 13.5 Å². The van der Waals surface area contributed by atoms with Crippen LogP contribution in [0.3, 0.4) is 0 Å². The molecular formula is C17H17N3. The molecule has 0 fully saturated rings. The Balaban J connectivity index is 1.99. The van der Waals surface area contributed by atoms with Crippen molar-refractivity contribution in [3.8, 4) is 0 Å². The summed E-state index contributed by atoms with van der Waals surface area (Å²) < 4.78 is 0. The summed E-state index contributed by atoms with van der Waals surface area (Å²) >= 11 is 0. The third-order valence-electron chi connectivity index (χ3n) is 3.42. The molecule has 0 N–H and O–H groups in total. The highest BCUT2D eigenvalue weighted by molar-refractivity contribution is 5.89. The van der Waals surface area contributed by atoms with Crippen molar-refractivity contribution < 1.29 is 0 Å². The van der Waals surface area contributed by atoms with Crippen molar-refractivity contribution in [3.05, 3.63) is 66.5 Å². The molecule has 3 heteroatoms. The van der Waals surface area contributed by atoms with Crippen molar-refractivity contribution in [2.24, 2.45) is 0 Å². The van der Waals surface area contributed by atoms with Crippen LogP contribution in [0.1, 0.15) is 12.5 Å². The van der Waals surface area contributed by atoms with Crippen LogP contribution in [0, 0.1) is 0 Å². The molecular weight excluding hydrogens is 246 g/mol. The zero-order valence-electron chi connectivity index (χ0n) is 11.5. The average molecular weight is 263 g/mol. The van der Waals surface area contributed by atoms with Gasteiger partial charge in [0.05, 0.1) is 5.52 Å². The first-order valence-electron chi connectivity index (χ1n) is 6.87. The lowest BCUT2D eigenvalue weighted by molar-refractivity contribution is 0.816. The summed E-state index contributed by atoms with van der Waals surface area (Å²) in [6.07, 6.45) is 1.64. The van der Waals surface area contributed by atoms with Gasteiger partial charge in [0.2, 0.25) is 0 Å². The molecule has 0 radical (unpaired) electrons. The van der Waals surface area contributed by atoms with Crippen molar-refractivity contribution in [3.63, 3.8) is 0 Å². The Kier molecular flexibility index (Phi) is 3.59. The quantitative estimate of drug-likeness (QED) is 0.719. The smallest absolute Gasteiger partial charge is 0.140 e. The maximum atomic E-state index is 4.49. The van der Waals surface area contributed by atoms with Gasteiger partial charge in [-0.2, -0.15) is 0 Å². The minimum atomic E-state index is 0.859. The van der Waals surface area contributed by atoms with Crippen LogP contribution in [0.15, 0.2) is 60.9 Å². The molecule has 2 aromatic carbocycles. The maximum absolute atomic E-state index is 4.49. The number of fused-ring (bicyclic) bond motifs is 1. The second-order valence-corrected chi connectivity index (χ2v) is 4.71. The van der Waals surface area contributed by atoms with E-state index in [1.165, 1.54) is 5.56 Å². The standard InChI is InChI=1S/C17H17N3/c1-2-20(12-14-8-4-3-5-9-14)17-15-10-6-7-11-16(15)18-13-19-17/h3-11,13H,2,12H2,1H3. The van der Waals surface area contributed by atoms with Gasteiger partial charge in [0.1, 0.15) is 12.1 Å². The molecule has 3 nitrogen and oxygen atoms in total. The van der Waals surface area contributed by atoms with Gasteiger partial charge in [0.25, 0.3) is 0 Å². The molecule has 0 aliphatic heterocycles. The van der Waals surface area contributed by atoms with Gasteiger partial charge in [-0.05, 0) is 24.6 Å². The normalized spacial score (nSPS) is 10.7. The predicted molar refractivity (Wildman–Crippen MR) is 82.7 cm³/mol. The molecule has 1 heterocycles. The molecule has 3 aromatic rings. The first kappa shape index (κ1) is 12.6. The number of rotatable bonds is 4. The van der Waals surface area contributed by atoms with E-state index in [0.717, 1.165) is 29.8 Å². The predicted octanol–water partition coefficient (Wildman–Crippen LogP) is 3.66. The molecule has 0 aliphatic carbocycles. The fourth-order valence-corrected chi connectivity index (χ4v) is 2.38. The number of benzene rings is 2. The SMILES string of the molecule is CCN(Cc1ccccc1)c1ncnc2ccccc12. The first-order valence-corrected chi connectivity index (χ1v) is 6.87. The van der Waals surface area contributed by atoms with Crippen molar-refractivity contribution >= 4 is 16.7 Å². The van der Waals surface area contributed by atoms with Crippen LogP contribution in [0.2, 0.25) is 0 Å². The Morgan fingerprint density at radius 3 is 2.45 bits per heavy atom. The van der Waals surface area contributed by atoms with Gasteiger partial charge >= 0.3 is 0 Å². The summed E-state index contributed by atoms with van der Waals surface area (Å²) in [6, 6.07) is 18.6. The molecule has 0 spiro atoms. The van der Waals surface area contributed by atoms with E-state index < -0.39 is 0 Å². The summed E-state index contributed by atoms with van der Waals surface area (Å²) in [5.74, 6) is 1.00. The summed E-state index contributed by atoms with van der Waals surface area (Å²) in [4.78, 5) is 11.1. The summed E-state index contributed by atoms with van der Waals surface area (Å²) in [5, 5.41) is 1.10. The second kappa shape index (κ2) is 5.70. The number of anilines is 1. The Morgan fingerprint density at radius 1 is 0.900 bits per heavy atom. The molecule has 100 valence electrons. The van der Waals surface area contributed by atoms with Crippen LogP contribution >= 0.6 is 0 Å². The highest BCUT2D eigenvalue weighted by Gasteiger charge is 2.10. The number of para-hydroxylation sites is 1. The van der Waals surface area contributed by atoms with Gasteiger partial charge in [0.15, 0.2) is 0 Å². The van der Waals surface area contributed by atoms with Crippen LogP contribution in [0.5, 0.6) is 0 Å². The number of aromatic nitrogens is 2. The lowest BCUT2D eigenvalue weighted by atomic mass is 10.2. The van der Waals surface area contributed by atoms with Crippen LogP contribution in [-0.2, 0) is 6.54 Å². The molecule has 0 bridgehead atoms. The molecule has 1 aromatic heterocycles. The van der Waals surface area contributed by atoms with E-state index in [4.69, 9.17) is 0 Å². The van der Waals surface area contributed by atoms with E-state index in [9.17, 15) is 0 Å². The van der Waals surface area contributed by atoms with Gasteiger partial charge in [-0.15, -0.1) is 0 Å². The third kappa shape index (κ3) is 2.48. The minimum Gasteiger partial charge on any atom is -0.352 e. The van der Waals surface area contributed by atoms with Gasteiger partial charge < -0.3 is 4.90 Å². The average Bonchev–Trinajstić information content (AvgIpc) is 2.53. The van der Waals surface area contributed by atoms with E-state index in [1.807, 2.05) is 24.3 Å². The zero-order valence-corrected chi connectivity index (χ0v) is 11.5. The summed E-state index contributed by atoms with van der Waals surface area (Å²) in [7, 11) is 0. The lowest BCUT2D eigenvalue weighted by Gasteiger charge is -2.23. The fourth-order valence-electron chi connectivity index (χ4n) is 2.38. The van der Waals surface area contributed by atoms with E-state index in [1.54, 1.807) is 6.33 Å². The monoisotopic (exact) mass is 263 g/mol. The van der Waals surface area contributed by atoms with Crippen molar-refractivity contribution in [2.75, 3.05) is 11.4 Å². The second-order valence-electron chi connectivity index (χ2n) is 4.71. The van der Waals surface area contributed by atoms with Crippen molar-refractivity contribution in [1.82, 2.24) is 9.97 Å². The number of nitrogens with zero attached hydrogens (tertiary/aromatic N) is 3. The molecule has 0 aliphatic rings. The molecule has 0 saturated heterocycles. The van der Waals surface area contributed by atoms with Crippen molar-refractivity contribution in [1.29, 1.82) is 0 Å². The van der Waals surface area contributed by atoms with Gasteiger partial charge in [-0.25, -0.2) is 9.97 Å². The molecule has 20 heavy (non-hydrogen) atoms. The van der Waals surface area contributed by atoms with Crippen LogP contribution < -0.4 is 4.90 Å². The molecule has 0 amide bonds. The Hall–Kier alpha value is -2.42. The van der Waals surface area contributed by atoms with E-state index in [0.29, 0.717) is 0 Å². The molecule has 0 saturated carbocycles. The minimum absolute atomic E-state index is 0.859. The third-order valence-corrected chi connectivity index (χ3v) is 3.42. The van der Waals surface area contributed by atoms with E-state index in [2.05, 4.69) is 52.1 Å². The number of hydrogen-bond acceptors (Lipinski definition) is 3. The zero-order chi connectivity index (χ0) is 13.8. The summed E-state index contributed by atoms with van der Waals surface area (Å²) in [6.45, 7) is 3.92. The van der Waals surface area contributed by atoms with Gasteiger partial charge in [-0.3, -0.25) is 0 Å².